The van der Waals surface area contributed by atoms with Crippen LogP contribution < -0.4 is 16.5 Å². The second kappa shape index (κ2) is 12.9. The molecule has 5 rings (SSSR count). The Kier molecular flexibility index (Phi) is 8.82. The standard InChI is InChI=1S/C30H34N6O6/c1-19-16-22-17-23(11-12-25(22)41-19)32-30(34-27(38)20-7-9-21(10-8-20)29(40)42-31)33-24-6-2-3-15-36(28(24)39)18-26(37)35-13-4-5-14-35/h7-12,16-17,24H,2-6,13-15,18,31H2,1H3,(H2,32,33,34,38)/t24-/m0/s1. The summed E-state index contributed by atoms with van der Waals surface area (Å²) in [5.41, 5.74) is 1.79. The van der Waals surface area contributed by atoms with Gasteiger partial charge in [0.05, 0.1) is 12.1 Å². The smallest absolute Gasteiger partial charge is 0.356 e. The van der Waals surface area contributed by atoms with E-state index >= 15 is 0 Å². The minimum Gasteiger partial charge on any atom is -0.461 e. The summed E-state index contributed by atoms with van der Waals surface area (Å²) in [4.78, 5) is 63.6. The monoisotopic (exact) mass is 574 g/mol. The molecule has 0 aliphatic carbocycles. The first-order valence-corrected chi connectivity index (χ1v) is 14.0. The topological polar surface area (TPSA) is 160 Å². The zero-order valence-electron chi connectivity index (χ0n) is 23.4. The molecular formula is C30H34N6O6. The average molecular weight is 575 g/mol. The maximum atomic E-state index is 13.6. The molecule has 42 heavy (non-hydrogen) atoms. The van der Waals surface area contributed by atoms with Crippen molar-refractivity contribution < 1.29 is 28.4 Å². The highest BCUT2D eigenvalue weighted by molar-refractivity contribution is 6.11. The Labute approximate surface area is 242 Å². The molecule has 2 aromatic carbocycles. The van der Waals surface area contributed by atoms with E-state index < -0.39 is 17.9 Å². The number of nitrogens with two attached hydrogens (primary N) is 1. The minimum absolute atomic E-state index is 0.0219. The van der Waals surface area contributed by atoms with E-state index in [-0.39, 0.29) is 35.4 Å². The highest BCUT2D eigenvalue weighted by Crippen LogP contribution is 2.23. The molecule has 0 spiro atoms. The SMILES string of the molecule is Cc1cc2cc(NC(=N[C@H]3CCCCN(CC(=O)N4CCCC4)C3=O)NC(=O)c3ccc(C(=O)ON)cc3)ccc2o1. The van der Waals surface area contributed by atoms with Gasteiger partial charge in [0.25, 0.3) is 5.91 Å². The van der Waals surface area contributed by atoms with Gasteiger partial charge in [0.2, 0.25) is 17.8 Å². The number of amides is 3. The van der Waals surface area contributed by atoms with Crippen LogP contribution in [0.4, 0.5) is 5.69 Å². The number of rotatable bonds is 6. The summed E-state index contributed by atoms with van der Waals surface area (Å²) in [6.45, 7) is 3.80. The van der Waals surface area contributed by atoms with Gasteiger partial charge in [-0.05, 0) is 87.6 Å². The molecule has 1 atom stereocenters. The highest BCUT2D eigenvalue weighted by Gasteiger charge is 2.30. The maximum absolute atomic E-state index is 13.6. The fourth-order valence-electron chi connectivity index (χ4n) is 5.24. The summed E-state index contributed by atoms with van der Waals surface area (Å²) in [5.74, 6) is 4.25. The van der Waals surface area contributed by atoms with Gasteiger partial charge >= 0.3 is 5.97 Å². The first-order valence-electron chi connectivity index (χ1n) is 14.0. The van der Waals surface area contributed by atoms with Crippen molar-refractivity contribution in [2.75, 3.05) is 31.5 Å². The molecule has 220 valence electrons. The number of hydrogen-bond acceptors (Lipinski definition) is 8. The molecule has 2 saturated heterocycles. The second-order valence-corrected chi connectivity index (χ2v) is 10.5. The third kappa shape index (κ3) is 6.77. The normalized spacial score (nSPS) is 17.7. The van der Waals surface area contributed by atoms with Gasteiger partial charge in [-0.1, -0.05) is 0 Å². The van der Waals surface area contributed by atoms with Crippen molar-refractivity contribution in [3.05, 3.63) is 65.4 Å². The van der Waals surface area contributed by atoms with Crippen LogP contribution in [-0.4, -0.2) is 71.7 Å². The summed E-state index contributed by atoms with van der Waals surface area (Å²) in [6.07, 6.45) is 3.93. The van der Waals surface area contributed by atoms with Crippen LogP contribution >= 0.6 is 0 Å². The molecule has 0 radical (unpaired) electrons. The number of carbonyl (C=O) groups excluding carboxylic acids is 4. The van der Waals surface area contributed by atoms with E-state index in [2.05, 4.69) is 20.5 Å². The number of guanidine groups is 1. The molecule has 4 N–H and O–H groups in total. The van der Waals surface area contributed by atoms with Gasteiger partial charge in [0, 0.05) is 36.3 Å². The molecule has 3 amide bonds. The third-order valence-electron chi connectivity index (χ3n) is 7.45. The lowest BCUT2D eigenvalue weighted by molar-refractivity contribution is -0.140. The zero-order valence-corrected chi connectivity index (χ0v) is 23.4. The third-order valence-corrected chi connectivity index (χ3v) is 7.45. The molecule has 12 nitrogen and oxygen atoms in total. The Balaban J connectivity index is 1.39. The molecular weight excluding hydrogens is 540 g/mol. The first kappa shape index (κ1) is 28.8. The number of aliphatic imine (C=N–C) groups is 1. The maximum Gasteiger partial charge on any atom is 0.356 e. The van der Waals surface area contributed by atoms with E-state index in [1.54, 1.807) is 15.9 Å². The number of likely N-dealkylation sites (tertiary alicyclic amines) is 2. The van der Waals surface area contributed by atoms with Crippen LogP contribution in [0.25, 0.3) is 11.0 Å². The summed E-state index contributed by atoms with van der Waals surface area (Å²) >= 11 is 0. The quantitative estimate of drug-likeness (QED) is 0.230. The number of nitrogens with zero attached hydrogens (tertiary/aromatic N) is 3. The number of fused-ring (bicyclic) bond motifs is 1. The number of carbonyl (C=O) groups is 4. The summed E-state index contributed by atoms with van der Waals surface area (Å²) in [6, 6.07) is 12.3. The molecule has 3 heterocycles. The van der Waals surface area contributed by atoms with Crippen LogP contribution in [0.15, 0.2) is 57.9 Å². The van der Waals surface area contributed by atoms with Crippen molar-refractivity contribution in [2.24, 2.45) is 10.9 Å². The van der Waals surface area contributed by atoms with Gasteiger partial charge in [0.15, 0.2) is 0 Å². The van der Waals surface area contributed by atoms with Gasteiger partial charge in [0.1, 0.15) is 17.4 Å². The van der Waals surface area contributed by atoms with Crippen LogP contribution in [0.3, 0.4) is 0 Å². The summed E-state index contributed by atoms with van der Waals surface area (Å²) in [5, 5.41) is 6.79. The number of aryl methyl sites for hydroxylation is 1. The van der Waals surface area contributed by atoms with Crippen molar-refractivity contribution >= 4 is 46.3 Å². The summed E-state index contributed by atoms with van der Waals surface area (Å²) in [7, 11) is 0. The molecule has 2 aliphatic rings. The minimum atomic E-state index is -0.789. The molecule has 0 unspecified atom stereocenters. The molecule has 2 aliphatic heterocycles. The Morgan fingerprint density at radius 3 is 2.45 bits per heavy atom. The predicted molar refractivity (Wildman–Crippen MR) is 156 cm³/mol. The second-order valence-electron chi connectivity index (χ2n) is 10.5. The van der Waals surface area contributed by atoms with E-state index in [1.165, 1.54) is 24.3 Å². The summed E-state index contributed by atoms with van der Waals surface area (Å²) < 4.78 is 5.66. The lowest BCUT2D eigenvalue weighted by Crippen LogP contribution is -2.45. The van der Waals surface area contributed by atoms with Crippen molar-refractivity contribution in [1.29, 1.82) is 0 Å². The Hall–Kier alpha value is -4.71. The van der Waals surface area contributed by atoms with Crippen molar-refractivity contribution in [2.45, 2.75) is 45.1 Å². The van der Waals surface area contributed by atoms with Crippen LogP contribution in [-0.2, 0) is 14.4 Å². The zero-order chi connectivity index (χ0) is 29.6. The van der Waals surface area contributed by atoms with E-state index in [0.29, 0.717) is 24.2 Å². The Morgan fingerprint density at radius 2 is 1.71 bits per heavy atom. The van der Waals surface area contributed by atoms with Crippen LogP contribution in [0.2, 0.25) is 0 Å². The molecule has 1 aromatic heterocycles. The van der Waals surface area contributed by atoms with Gasteiger partial charge in [-0.2, -0.15) is 5.90 Å². The van der Waals surface area contributed by atoms with Crippen molar-refractivity contribution in [1.82, 2.24) is 15.1 Å². The number of hydrogen-bond donors (Lipinski definition) is 3. The molecule has 0 bridgehead atoms. The Bertz CT molecular complexity index is 1510. The van der Waals surface area contributed by atoms with E-state index in [1.807, 2.05) is 25.1 Å². The fourth-order valence-corrected chi connectivity index (χ4v) is 5.24. The highest BCUT2D eigenvalue weighted by atomic mass is 16.7. The number of benzene rings is 2. The van der Waals surface area contributed by atoms with Gasteiger partial charge < -0.3 is 24.4 Å². The number of nitrogens with one attached hydrogen (secondary N) is 2. The predicted octanol–water partition coefficient (Wildman–Crippen LogP) is 2.97. The fraction of sp³-hybridized carbons (Fsp3) is 0.367. The molecule has 2 fully saturated rings. The van der Waals surface area contributed by atoms with E-state index in [0.717, 1.165) is 49.9 Å². The number of furan rings is 1. The van der Waals surface area contributed by atoms with E-state index in [9.17, 15) is 19.2 Å². The van der Waals surface area contributed by atoms with Crippen molar-refractivity contribution in [3.63, 3.8) is 0 Å². The van der Waals surface area contributed by atoms with Gasteiger partial charge in [-0.15, -0.1) is 0 Å². The number of anilines is 1. The van der Waals surface area contributed by atoms with Crippen LogP contribution in [0, 0.1) is 6.92 Å². The molecule has 12 heteroatoms. The lowest BCUT2D eigenvalue weighted by Gasteiger charge is -2.25. The molecule has 0 saturated carbocycles. The van der Waals surface area contributed by atoms with Crippen LogP contribution in [0.5, 0.6) is 0 Å². The average Bonchev–Trinajstić information content (AvgIpc) is 3.63. The van der Waals surface area contributed by atoms with Crippen molar-refractivity contribution in [3.8, 4) is 0 Å². The van der Waals surface area contributed by atoms with Crippen LogP contribution in [0.1, 0.15) is 58.6 Å². The van der Waals surface area contributed by atoms with E-state index in [4.69, 9.17) is 10.3 Å². The first-order chi connectivity index (χ1) is 20.3. The largest absolute Gasteiger partial charge is 0.461 e. The van der Waals surface area contributed by atoms with Gasteiger partial charge in [-0.3, -0.25) is 19.7 Å². The van der Waals surface area contributed by atoms with Gasteiger partial charge in [-0.25, -0.2) is 9.79 Å². The lowest BCUT2D eigenvalue weighted by atomic mass is 10.1. The Morgan fingerprint density at radius 1 is 1.00 bits per heavy atom. The molecule has 3 aromatic rings.